The van der Waals surface area contributed by atoms with Gasteiger partial charge in [-0.3, -0.25) is 0 Å². The Morgan fingerprint density at radius 1 is 0.923 bits per heavy atom. The molecule has 0 aromatic carbocycles. The lowest BCUT2D eigenvalue weighted by molar-refractivity contribution is -0.0826. The molecule has 0 saturated heterocycles. The Morgan fingerprint density at radius 2 is 1.46 bits per heavy atom. The summed E-state index contributed by atoms with van der Waals surface area (Å²) in [6.45, 7) is 7.29. The molecule has 2 saturated carbocycles. The van der Waals surface area contributed by atoms with E-state index < -0.39 is 0 Å². The summed E-state index contributed by atoms with van der Waals surface area (Å²) in [4.78, 5) is 0. The summed E-state index contributed by atoms with van der Waals surface area (Å²) in [5.41, 5.74) is 1.51. The molecule has 0 N–H and O–H groups in total. The first-order valence-electron chi connectivity index (χ1n) is 6.06. The fourth-order valence-electron chi connectivity index (χ4n) is 3.73. The average Bonchev–Trinajstić information content (AvgIpc) is 2.03. The number of hydrogen-bond donors (Lipinski definition) is 0. The summed E-state index contributed by atoms with van der Waals surface area (Å²) in [5, 5.41) is 0. The third-order valence-electron chi connectivity index (χ3n) is 4.87. The molecular formula is C13H24. The molecule has 76 valence electrons. The van der Waals surface area contributed by atoms with E-state index in [-0.39, 0.29) is 0 Å². The minimum Gasteiger partial charge on any atom is -0.0623 e. The van der Waals surface area contributed by atoms with E-state index in [1.807, 2.05) is 0 Å². The topological polar surface area (TPSA) is 0 Å². The van der Waals surface area contributed by atoms with Crippen LogP contribution in [0.2, 0.25) is 0 Å². The Balaban J connectivity index is 1.94. The molecule has 0 amide bonds. The fourth-order valence-corrected chi connectivity index (χ4v) is 3.73. The predicted octanol–water partition coefficient (Wildman–Crippen LogP) is 4.39. The Bertz CT molecular complexity index is 176. The van der Waals surface area contributed by atoms with Gasteiger partial charge in [-0.05, 0) is 42.4 Å². The predicted molar refractivity (Wildman–Crippen MR) is 57.7 cm³/mol. The molecule has 2 fully saturated rings. The van der Waals surface area contributed by atoms with Gasteiger partial charge in [-0.2, -0.15) is 0 Å². The van der Waals surface area contributed by atoms with E-state index in [0.717, 1.165) is 11.3 Å². The monoisotopic (exact) mass is 180 g/mol. The third kappa shape index (κ3) is 1.53. The van der Waals surface area contributed by atoms with E-state index >= 15 is 0 Å². The zero-order valence-corrected chi connectivity index (χ0v) is 9.53. The van der Waals surface area contributed by atoms with Gasteiger partial charge < -0.3 is 0 Å². The second-order valence-electron chi connectivity index (χ2n) is 6.22. The lowest BCUT2D eigenvalue weighted by Gasteiger charge is -2.59. The molecule has 0 aromatic heterocycles. The van der Waals surface area contributed by atoms with Crippen molar-refractivity contribution in [3.63, 3.8) is 0 Å². The van der Waals surface area contributed by atoms with Crippen LogP contribution in [-0.2, 0) is 0 Å². The van der Waals surface area contributed by atoms with Gasteiger partial charge in [0.05, 0.1) is 0 Å². The average molecular weight is 180 g/mol. The van der Waals surface area contributed by atoms with Crippen LogP contribution in [0.15, 0.2) is 0 Å². The molecule has 2 aliphatic carbocycles. The van der Waals surface area contributed by atoms with E-state index in [1.54, 1.807) is 0 Å². The molecule has 2 aliphatic rings. The summed E-state index contributed by atoms with van der Waals surface area (Å²) in [6, 6.07) is 0. The van der Waals surface area contributed by atoms with Crippen molar-refractivity contribution in [3.05, 3.63) is 0 Å². The van der Waals surface area contributed by atoms with Gasteiger partial charge in [0.25, 0.3) is 0 Å². The van der Waals surface area contributed by atoms with Crippen LogP contribution in [0.1, 0.15) is 65.7 Å². The molecule has 0 unspecified atom stereocenters. The molecule has 0 bridgehead atoms. The van der Waals surface area contributed by atoms with Gasteiger partial charge in [0.15, 0.2) is 0 Å². The van der Waals surface area contributed by atoms with E-state index in [2.05, 4.69) is 20.8 Å². The molecule has 0 nitrogen and oxygen atoms in total. The molecule has 2 rings (SSSR count). The maximum atomic E-state index is 2.50. The zero-order chi connectivity index (χ0) is 9.53. The first-order valence-corrected chi connectivity index (χ1v) is 6.06. The maximum absolute atomic E-state index is 2.50. The lowest BCUT2D eigenvalue weighted by atomic mass is 9.46. The molecule has 0 radical (unpaired) electrons. The molecular weight excluding hydrogens is 156 g/mol. The summed E-state index contributed by atoms with van der Waals surface area (Å²) in [5.74, 6) is 0.889. The summed E-state index contributed by atoms with van der Waals surface area (Å²) in [6.07, 6.45) is 10.6. The van der Waals surface area contributed by atoms with Crippen LogP contribution in [0.3, 0.4) is 0 Å². The fraction of sp³-hybridized carbons (Fsp3) is 1.00. The highest BCUT2D eigenvalue weighted by Crippen LogP contribution is 2.63. The standard InChI is InChI=1S/C13H24/c1-11(2)12(3)9-13(10-12)7-5-4-6-8-13/h11H,4-10H2,1-3H3. The van der Waals surface area contributed by atoms with Crippen molar-refractivity contribution < 1.29 is 0 Å². The van der Waals surface area contributed by atoms with Crippen molar-refractivity contribution in [1.29, 1.82) is 0 Å². The summed E-state index contributed by atoms with van der Waals surface area (Å²) >= 11 is 0. The highest BCUT2D eigenvalue weighted by molar-refractivity contribution is 5.03. The van der Waals surface area contributed by atoms with Crippen molar-refractivity contribution in [2.45, 2.75) is 65.7 Å². The molecule has 13 heavy (non-hydrogen) atoms. The summed E-state index contributed by atoms with van der Waals surface area (Å²) in [7, 11) is 0. The normalized spacial score (nSPS) is 30.5. The molecule has 0 heteroatoms. The second kappa shape index (κ2) is 3.00. The van der Waals surface area contributed by atoms with Gasteiger partial charge in [-0.1, -0.05) is 40.0 Å². The van der Waals surface area contributed by atoms with Crippen molar-refractivity contribution in [2.24, 2.45) is 16.7 Å². The Morgan fingerprint density at radius 3 is 1.92 bits per heavy atom. The molecule has 0 aliphatic heterocycles. The van der Waals surface area contributed by atoms with Gasteiger partial charge in [-0.15, -0.1) is 0 Å². The molecule has 0 heterocycles. The second-order valence-corrected chi connectivity index (χ2v) is 6.22. The maximum Gasteiger partial charge on any atom is -0.0287 e. The number of hydrogen-bond acceptors (Lipinski definition) is 0. The Labute approximate surface area is 83.1 Å². The van der Waals surface area contributed by atoms with Crippen LogP contribution in [0.4, 0.5) is 0 Å². The highest BCUT2D eigenvalue weighted by atomic mass is 14.6. The Hall–Kier alpha value is 0. The van der Waals surface area contributed by atoms with Crippen LogP contribution in [-0.4, -0.2) is 0 Å². The molecule has 1 spiro atoms. The molecule has 0 atom stereocenters. The Kier molecular flexibility index (Phi) is 2.20. The van der Waals surface area contributed by atoms with Crippen LogP contribution in [0, 0.1) is 16.7 Å². The minimum absolute atomic E-state index is 0.692. The quantitative estimate of drug-likeness (QED) is 0.561. The van der Waals surface area contributed by atoms with Gasteiger partial charge in [0.2, 0.25) is 0 Å². The van der Waals surface area contributed by atoms with Gasteiger partial charge in [0.1, 0.15) is 0 Å². The van der Waals surface area contributed by atoms with Gasteiger partial charge in [0, 0.05) is 0 Å². The number of rotatable bonds is 1. The van der Waals surface area contributed by atoms with Crippen molar-refractivity contribution in [1.82, 2.24) is 0 Å². The van der Waals surface area contributed by atoms with Crippen LogP contribution in [0.5, 0.6) is 0 Å². The van der Waals surface area contributed by atoms with E-state index in [0.29, 0.717) is 5.41 Å². The zero-order valence-electron chi connectivity index (χ0n) is 9.53. The van der Waals surface area contributed by atoms with Crippen molar-refractivity contribution >= 4 is 0 Å². The van der Waals surface area contributed by atoms with E-state index in [1.165, 1.54) is 44.9 Å². The highest BCUT2D eigenvalue weighted by Gasteiger charge is 2.52. The minimum atomic E-state index is 0.692. The van der Waals surface area contributed by atoms with Crippen LogP contribution >= 0.6 is 0 Å². The van der Waals surface area contributed by atoms with Gasteiger partial charge >= 0.3 is 0 Å². The molecule has 0 aromatic rings. The van der Waals surface area contributed by atoms with Crippen LogP contribution < -0.4 is 0 Å². The van der Waals surface area contributed by atoms with E-state index in [4.69, 9.17) is 0 Å². The third-order valence-corrected chi connectivity index (χ3v) is 4.87. The first-order chi connectivity index (χ1) is 6.06. The largest absolute Gasteiger partial charge is 0.0623 e. The van der Waals surface area contributed by atoms with Crippen molar-refractivity contribution in [3.8, 4) is 0 Å². The smallest absolute Gasteiger partial charge is 0.0287 e. The SMILES string of the molecule is CC(C)C1(C)CC2(CCCCC2)C1. The first kappa shape index (κ1) is 9.55. The van der Waals surface area contributed by atoms with Gasteiger partial charge in [-0.25, -0.2) is 0 Å². The van der Waals surface area contributed by atoms with Crippen molar-refractivity contribution in [2.75, 3.05) is 0 Å². The lowest BCUT2D eigenvalue weighted by Crippen LogP contribution is -2.48. The summed E-state index contributed by atoms with van der Waals surface area (Å²) < 4.78 is 0. The van der Waals surface area contributed by atoms with Crippen LogP contribution in [0.25, 0.3) is 0 Å². The van der Waals surface area contributed by atoms with E-state index in [9.17, 15) is 0 Å².